The third-order valence-corrected chi connectivity index (χ3v) is 14.2. The van der Waals surface area contributed by atoms with E-state index in [2.05, 4.69) is 121 Å². The molecule has 0 aromatic heterocycles. The second-order valence-electron chi connectivity index (χ2n) is 8.53. The van der Waals surface area contributed by atoms with Gasteiger partial charge < -0.3 is 0 Å². The van der Waals surface area contributed by atoms with Gasteiger partial charge in [0.15, 0.2) is 0 Å². The molecule has 0 amide bonds. The Morgan fingerprint density at radius 1 is 0.567 bits per heavy atom. The van der Waals surface area contributed by atoms with Crippen LogP contribution in [0.2, 0.25) is 0 Å². The van der Waals surface area contributed by atoms with Crippen LogP contribution in [-0.4, -0.2) is 6.61 Å². The Balaban J connectivity index is 1.84. The first-order valence-corrected chi connectivity index (χ1v) is 12.9. The molecule has 0 radical (unpaired) electrons. The molecule has 2 fully saturated rings. The first kappa shape index (κ1) is 18.1. The minimum absolute atomic E-state index is 0.0169. The van der Waals surface area contributed by atoms with Crippen molar-refractivity contribution >= 4 is 22.7 Å². The second kappa shape index (κ2) is 6.38. The van der Waals surface area contributed by atoms with Gasteiger partial charge in [-0.2, -0.15) is 0 Å². The van der Waals surface area contributed by atoms with Gasteiger partial charge in [0, 0.05) is 0 Å². The zero-order chi connectivity index (χ0) is 20.1. The van der Waals surface area contributed by atoms with Gasteiger partial charge in [-0.1, -0.05) is 0 Å². The van der Waals surface area contributed by atoms with Gasteiger partial charge in [-0.25, -0.2) is 0 Å². The number of hydrogen-bond donors (Lipinski definition) is 0. The molecule has 2 heteroatoms. The van der Waals surface area contributed by atoms with Gasteiger partial charge in [-0.15, -0.1) is 0 Å². The summed E-state index contributed by atoms with van der Waals surface area (Å²) in [5.41, 5.74) is 1.42. The molecule has 30 heavy (non-hydrogen) atoms. The van der Waals surface area contributed by atoms with Crippen molar-refractivity contribution in [2.24, 2.45) is 5.92 Å². The molecular formula is C28H25OP. The molecule has 1 saturated carbocycles. The summed E-state index contributed by atoms with van der Waals surface area (Å²) in [6.45, 7) is -2.45. The summed E-state index contributed by atoms with van der Waals surface area (Å²) in [5.74, 6) is 0.540. The molecule has 4 aromatic carbocycles. The Labute approximate surface area is 178 Å². The van der Waals surface area contributed by atoms with E-state index in [-0.39, 0.29) is 5.16 Å². The summed E-state index contributed by atoms with van der Waals surface area (Å²) in [6, 6.07) is 44.4. The van der Waals surface area contributed by atoms with E-state index < -0.39 is 6.83 Å². The fraction of sp³-hybridized carbons (Fsp3) is 0.143. The monoisotopic (exact) mass is 408 g/mol. The standard InChI is InChI=1S/C28H25OP/c1-5-13-23(14-6-1)28-21-24(28)22-29-30(28,25-15-7-2-8-16-25,26-17-9-3-10-18-26)27-19-11-4-12-20-27/h1-20,24H,21-22H2/t24-,28+/m0/s1. The van der Waals surface area contributed by atoms with E-state index in [4.69, 9.17) is 4.52 Å². The fourth-order valence-electron chi connectivity index (χ4n) is 6.22. The van der Waals surface area contributed by atoms with Gasteiger partial charge >= 0.3 is 178 Å². The van der Waals surface area contributed by atoms with Gasteiger partial charge in [-0.05, 0) is 0 Å². The van der Waals surface area contributed by atoms with Crippen LogP contribution in [0.4, 0.5) is 0 Å². The summed E-state index contributed by atoms with van der Waals surface area (Å²) in [7, 11) is 0. The van der Waals surface area contributed by atoms with Crippen LogP contribution >= 0.6 is 6.83 Å². The van der Waals surface area contributed by atoms with Crippen LogP contribution in [0.15, 0.2) is 121 Å². The third-order valence-electron chi connectivity index (χ3n) is 7.39. The van der Waals surface area contributed by atoms with Crippen molar-refractivity contribution in [2.45, 2.75) is 11.6 Å². The predicted octanol–water partition coefficient (Wildman–Crippen LogP) is 5.38. The van der Waals surface area contributed by atoms with E-state index in [1.54, 1.807) is 0 Å². The van der Waals surface area contributed by atoms with Crippen LogP contribution in [0.3, 0.4) is 0 Å². The Kier molecular flexibility index (Phi) is 3.84. The van der Waals surface area contributed by atoms with Gasteiger partial charge in [-0.3, -0.25) is 0 Å². The van der Waals surface area contributed by atoms with Gasteiger partial charge in [0.25, 0.3) is 0 Å². The van der Waals surface area contributed by atoms with Crippen LogP contribution in [0.5, 0.6) is 0 Å². The van der Waals surface area contributed by atoms with Crippen LogP contribution in [0, 0.1) is 5.92 Å². The molecule has 0 spiro atoms. The molecule has 1 aliphatic heterocycles. The molecule has 2 aliphatic rings. The second-order valence-corrected chi connectivity index (χ2v) is 13.2. The molecule has 1 heterocycles. The zero-order valence-electron chi connectivity index (χ0n) is 16.9. The Morgan fingerprint density at radius 3 is 1.37 bits per heavy atom. The average molecular weight is 408 g/mol. The molecule has 6 rings (SSSR count). The van der Waals surface area contributed by atoms with Crippen molar-refractivity contribution in [3.63, 3.8) is 0 Å². The van der Waals surface area contributed by atoms with Gasteiger partial charge in [0.2, 0.25) is 0 Å². The van der Waals surface area contributed by atoms with Crippen LogP contribution in [-0.2, 0) is 9.68 Å². The molecule has 148 valence electrons. The number of benzene rings is 4. The summed E-state index contributed by atoms with van der Waals surface area (Å²) in [6.07, 6.45) is 1.17. The normalized spacial score (nSPS) is 26.8. The maximum atomic E-state index is 7.34. The summed E-state index contributed by atoms with van der Waals surface area (Å²) in [4.78, 5) is 0. The van der Waals surface area contributed by atoms with Crippen molar-refractivity contribution < 1.29 is 4.52 Å². The van der Waals surface area contributed by atoms with E-state index in [0.717, 1.165) is 6.61 Å². The Morgan fingerprint density at radius 2 is 0.967 bits per heavy atom. The molecule has 0 bridgehead atoms. The van der Waals surface area contributed by atoms with E-state index in [9.17, 15) is 0 Å². The van der Waals surface area contributed by atoms with Crippen molar-refractivity contribution in [3.8, 4) is 0 Å². The van der Waals surface area contributed by atoms with Crippen LogP contribution in [0.25, 0.3) is 0 Å². The Bertz CT molecular complexity index is 1080. The van der Waals surface area contributed by atoms with Gasteiger partial charge in [0.05, 0.1) is 0 Å². The average Bonchev–Trinajstić information content (AvgIpc) is 3.52. The summed E-state index contributed by atoms with van der Waals surface area (Å²) < 4.78 is 7.34. The van der Waals surface area contributed by atoms with E-state index in [1.807, 2.05) is 0 Å². The molecule has 0 unspecified atom stereocenters. The van der Waals surface area contributed by atoms with Crippen LogP contribution in [0.1, 0.15) is 12.0 Å². The van der Waals surface area contributed by atoms with Crippen LogP contribution < -0.4 is 15.9 Å². The van der Waals surface area contributed by atoms with E-state index in [0.29, 0.717) is 5.92 Å². The van der Waals surface area contributed by atoms with Crippen molar-refractivity contribution in [2.75, 3.05) is 6.61 Å². The molecule has 0 N–H and O–H groups in total. The predicted molar refractivity (Wildman–Crippen MR) is 127 cm³/mol. The SMILES string of the molecule is c1ccc([C@]23C[C@H]2COP3(c2ccccc2)(c2ccccc2)c2ccccc2)cc1. The van der Waals surface area contributed by atoms with Gasteiger partial charge in [0.1, 0.15) is 0 Å². The molecule has 1 aliphatic carbocycles. The topological polar surface area (TPSA) is 9.23 Å². The molecule has 4 aromatic rings. The number of fused-ring (bicyclic) bond motifs is 1. The summed E-state index contributed by atoms with van der Waals surface area (Å²) in [5, 5.41) is 4.00. The molecule has 1 nitrogen and oxygen atoms in total. The Hall–Kier alpha value is -2.73. The maximum absolute atomic E-state index is 7.34. The van der Waals surface area contributed by atoms with Crippen molar-refractivity contribution in [3.05, 3.63) is 127 Å². The van der Waals surface area contributed by atoms with E-state index >= 15 is 0 Å². The first-order chi connectivity index (χ1) is 14.8. The fourth-order valence-corrected chi connectivity index (χ4v) is 13.9. The minimum atomic E-state index is -3.26. The molecule has 2 atom stereocenters. The van der Waals surface area contributed by atoms with E-state index in [1.165, 1.54) is 27.9 Å². The zero-order valence-corrected chi connectivity index (χ0v) is 17.8. The van der Waals surface area contributed by atoms with Crippen molar-refractivity contribution in [1.29, 1.82) is 0 Å². The first-order valence-electron chi connectivity index (χ1n) is 10.7. The quantitative estimate of drug-likeness (QED) is 0.412. The molecular weight excluding hydrogens is 383 g/mol. The van der Waals surface area contributed by atoms with Crippen molar-refractivity contribution in [1.82, 2.24) is 0 Å². The summed E-state index contributed by atoms with van der Waals surface area (Å²) >= 11 is 0. The number of rotatable bonds is 4. The number of hydrogen-bond acceptors (Lipinski definition) is 1. The third kappa shape index (κ3) is 1.95. The molecule has 1 saturated heterocycles.